The summed E-state index contributed by atoms with van der Waals surface area (Å²) in [5.41, 5.74) is 0.491. The summed E-state index contributed by atoms with van der Waals surface area (Å²) in [5, 5.41) is 0. The summed E-state index contributed by atoms with van der Waals surface area (Å²) in [6.45, 7) is 0. The van der Waals surface area contributed by atoms with E-state index in [1.807, 2.05) is 24.3 Å². The SMILES string of the molecule is O=S(=O)(Nc1ccc2c(c1)Sc1ccccc1O2)c1ccccc1Br. The second kappa shape index (κ2) is 6.40. The predicted octanol–water partition coefficient (Wildman–Crippen LogP) is 5.51. The molecule has 4 rings (SSSR count). The van der Waals surface area contributed by atoms with Crippen LogP contribution in [0.1, 0.15) is 0 Å². The van der Waals surface area contributed by atoms with Crippen molar-refractivity contribution in [3.05, 3.63) is 71.2 Å². The molecule has 7 heteroatoms. The fourth-order valence-electron chi connectivity index (χ4n) is 2.46. The monoisotopic (exact) mass is 433 g/mol. The van der Waals surface area contributed by atoms with Crippen molar-refractivity contribution in [2.45, 2.75) is 14.7 Å². The highest BCUT2D eigenvalue weighted by Crippen LogP contribution is 2.47. The molecule has 0 unspecified atom stereocenters. The van der Waals surface area contributed by atoms with E-state index in [1.165, 1.54) is 0 Å². The van der Waals surface area contributed by atoms with Crippen LogP contribution in [0, 0.1) is 0 Å². The molecule has 0 aliphatic carbocycles. The fraction of sp³-hybridized carbons (Fsp3) is 0. The Morgan fingerprint density at radius 2 is 1.60 bits per heavy atom. The fourth-order valence-corrected chi connectivity index (χ4v) is 5.51. The van der Waals surface area contributed by atoms with Gasteiger partial charge in [0.05, 0.1) is 15.5 Å². The van der Waals surface area contributed by atoms with Crippen LogP contribution in [-0.2, 0) is 10.0 Å². The lowest BCUT2D eigenvalue weighted by molar-refractivity contribution is 0.454. The highest BCUT2D eigenvalue weighted by Gasteiger charge is 2.21. The molecule has 4 nitrogen and oxygen atoms in total. The van der Waals surface area contributed by atoms with Gasteiger partial charge >= 0.3 is 0 Å². The van der Waals surface area contributed by atoms with Crippen molar-refractivity contribution in [2.24, 2.45) is 0 Å². The van der Waals surface area contributed by atoms with Crippen molar-refractivity contribution in [1.82, 2.24) is 0 Å². The number of rotatable bonds is 3. The van der Waals surface area contributed by atoms with Crippen molar-refractivity contribution >= 4 is 43.4 Å². The topological polar surface area (TPSA) is 55.4 Å². The Hall–Kier alpha value is -1.96. The molecule has 1 aliphatic rings. The van der Waals surface area contributed by atoms with Crippen molar-refractivity contribution in [1.29, 1.82) is 0 Å². The molecule has 0 radical (unpaired) electrons. The first kappa shape index (κ1) is 16.5. The Bertz CT molecular complexity index is 1070. The lowest BCUT2D eigenvalue weighted by Crippen LogP contribution is -2.13. The van der Waals surface area contributed by atoms with E-state index < -0.39 is 10.0 Å². The standard InChI is InChI=1S/C18H12BrNO3S2/c19-13-5-1-4-8-18(13)25(21,22)20-12-9-10-15-17(11-12)24-16-7-3-2-6-14(16)23-15/h1-11,20H. The van der Waals surface area contributed by atoms with Crippen LogP contribution in [0.3, 0.4) is 0 Å². The van der Waals surface area contributed by atoms with Gasteiger partial charge in [-0.1, -0.05) is 36.0 Å². The number of halogens is 1. The number of ether oxygens (including phenoxy) is 1. The van der Waals surface area contributed by atoms with Crippen molar-refractivity contribution in [3.63, 3.8) is 0 Å². The van der Waals surface area contributed by atoms with Crippen molar-refractivity contribution < 1.29 is 13.2 Å². The smallest absolute Gasteiger partial charge is 0.263 e. The normalized spacial score (nSPS) is 12.7. The minimum Gasteiger partial charge on any atom is -0.455 e. The van der Waals surface area contributed by atoms with Gasteiger partial charge in [-0.2, -0.15) is 0 Å². The molecule has 0 bridgehead atoms. The first-order valence-corrected chi connectivity index (χ1v) is 10.5. The Morgan fingerprint density at radius 3 is 2.44 bits per heavy atom. The second-order valence-electron chi connectivity index (χ2n) is 5.35. The Kier molecular flexibility index (Phi) is 4.23. The third kappa shape index (κ3) is 3.27. The Morgan fingerprint density at radius 1 is 0.880 bits per heavy atom. The van der Waals surface area contributed by atoms with Gasteiger partial charge in [-0.25, -0.2) is 8.42 Å². The van der Waals surface area contributed by atoms with Crippen LogP contribution in [0.25, 0.3) is 0 Å². The molecule has 3 aromatic rings. The van der Waals surface area contributed by atoms with E-state index in [0.717, 1.165) is 15.5 Å². The summed E-state index contributed by atoms with van der Waals surface area (Å²) in [4.78, 5) is 2.06. The van der Waals surface area contributed by atoms with Gasteiger partial charge in [-0.3, -0.25) is 4.72 Å². The van der Waals surface area contributed by atoms with E-state index in [4.69, 9.17) is 4.74 Å². The third-order valence-corrected chi connectivity index (χ3v) is 7.10. The van der Waals surface area contributed by atoms with Crippen LogP contribution in [0.4, 0.5) is 5.69 Å². The quantitative estimate of drug-likeness (QED) is 0.462. The molecule has 1 aliphatic heterocycles. The Labute approximate surface area is 158 Å². The lowest BCUT2D eigenvalue weighted by Gasteiger charge is -2.20. The van der Waals surface area contributed by atoms with E-state index in [-0.39, 0.29) is 4.90 Å². The molecular weight excluding hydrogens is 422 g/mol. The van der Waals surface area contributed by atoms with Crippen LogP contribution < -0.4 is 9.46 Å². The maximum atomic E-state index is 12.6. The predicted molar refractivity (Wildman–Crippen MR) is 102 cm³/mol. The molecule has 0 saturated carbocycles. The van der Waals surface area contributed by atoms with Gasteiger partial charge in [-0.15, -0.1) is 0 Å². The summed E-state index contributed by atoms with van der Waals surface area (Å²) < 4.78 is 34.2. The molecule has 0 atom stereocenters. The zero-order chi connectivity index (χ0) is 17.4. The van der Waals surface area contributed by atoms with Crippen LogP contribution in [0.15, 0.2) is 85.9 Å². The molecule has 0 saturated heterocycles. The van der Waals surface area contributed by atoms with Gasteiger partial charge in [0.25, 0.3) is 10.0 Å². The number of benzene rings is 3. The van der Waals surface area contributed by atoms with Crippen molar-refractivity contribution in [3.8, 4) is 11.5 Å². The number of fused-ring (bicyclic) bond motifs is 2. The molecule has 1 N–H and O–H groups in total. The second-order valence-corrected chi connectivity index (χ2v) is 8.94. The average Bonchev–Trinajstić information content (AvgIpc) is 2.60. The van der Waals surface area contributed by atoms with Gasteiger partial charge in [0.15, 0.2) is 0 Å². The molecule has 126 valence electrons. The first-order valence-electron chi connectivity index (χ1n) is 7.39. The summed E-state index contributed by atoms with van der Waals surface area (Å²) in [7, 11) is -3.68. The maximum absolute atomic E-state index is 12.6. The summed E-state index contributed by atoms with van der Waals surface area (Å²) in [6, 6.07) is 19.7. The molecule has 0 fully saturated rings. The third-order valence-electron chi connectivity index (χ3n) is 3.61. The largest absolute Gasteiger partial charge is 0.455 e. The van der Waals surface area contributed by atoms with Crippen LogP contribution in [0.2, 0.25) is 0 Å². The number of para-hydroxylation sites is 1. The number of hydrogen-bond acceptors (Lipinski definition) is 4. The molecule has 0 spiro atoms. The van der Waals surface area contributed by atoms with Gasteiger partial charge < -0.3 is 4.74 Å². The minimum absolute atomic E-state index is 0.196. The Balaban J connectivity index is 1.65. The number of nitrogens with one attached hydrogen (secondary N) is 1. The highest BCUT2D eigenvalue weighted by molar-refractivity contribution is 9.10. The molecule has 1 heterocycles. The zero-order valence-electron chi connectivity index (χ0n) is 12.8. The lowest BCUT2D eigenvalue weighted by atomic mass is 10.3. The molecule has 25 heavy (non-hydrogen) atoms. The van der Waals surface area contributed by atoms with Crippen molar-refractivity contribution in [2.75, 3.05) is 4.72 Å². The number of sulfonamides is 1. The van der Waals surface area contributed by atoms with E-state index in [1.54, 1.807) is 54.2 Å². The zero-order valence-corrected chi connectivity index (χ0v) is 16.0. The first-order chi connectivity index (χ1) is 12.0. The molecular formula is C18H12BrNO3S2. The maximum Gasteiger partial charge on any atom is 0.263 e. The summed E-state index contributed by atoms with van der Waals surface area (Å²) in [6.07, 6.45) is 0. The van der Waals surface area contributed by atoms with Gasteiger partial charge in [0.1, 0.15) is 16.4 Å². The molecule has 0 amide bonds. The molecule has 3 aromatic carbocycles. The van der Waals surface area contributed by atoms with Gasteiger partial charge in [0, 0.05) is 4.47 Å². The number of anilines is 1. The summed E-state index contributed by atoms with van der Waals surface area (Å²) >= 11 is 4.83. The summed E-state index contributed by atoms with van der Waals surface area (Å²) in [5.74, 6) is 1.52. The van der Waals surface area contributed by atoms with Crippen LogP contribution in [-0.4, -0.2) is 8.42 Å². The van der Waals surface area contributed by atoms with E-state index >= 15 is 0 Å². The number of hydrogen-bond donors (Lipinski definition) is 1. The van der Waals surface area contributed by atoms with Crippen LogP contribution >= 0.6 is 27.7 Å². The van der Waals surface area contributed by atoms with E-state index in [2.05, 4.69) is 20.7 Å². The van der Waals surface area contributed by atoms with Gasteiger partial charge in [0.2, 0.25) is 0 Å². The minimum atomic E-state index is -3.68. The average molecular weight is 434 g/mol. The highest BCUT2D eigenvalue weighted by atomic mass is 79.9. The molecule has 0 aromatic heterocycles. The van der Waals surface area contributed by atoms with Gasteiger partial charge in [-0.05, 0) is 58.4 Å². The van der Waals surface area contributed by atoms with E-state index in [9.17, 15) is 8.42 Å². The van der Waals surface area contributed by atoms with Crippen LogP contribution in [0.5, 0.6) is 11.5 Å². The van der Waals surface area contributed by atoms with E-state index in [0.29, 0.717) is 15.9 Å².